The minimum absolute atomic E-state index is 0.191. The van der Waals surface area contributed by atoms with E-state index in [0.717, 1.165) is 23.5 Å². The molecule has 0 heterocycles. The molecule has 0 aliphatic heterocycles. The second-order valence-corrected chi connectivity index (χ2v) is 5.61. The van der Waals surface area contributed by atoms with E-state index in [-0.39, 0.29) is 5.41 Å². The lowest BCUT2D eigenvalue weighted by Crippen LogP contribution is -2.45. The lowest BCUT2D eigenvalue weighted by molar-refractivity contribution is -0.209. The summed E-state index contributed by atoms with van der Waals surface area (Å²) in [6.07, 6.45) is 6.70. The monoisotopic (exact) mass is 216 g/mol. The number of hydrogen-bond acceptors (Lipinski definition) is 2. The molecule has 1 saturated carbocycles. The molecule has 0 atom stereocenters. The van der Waals surface area contributed by atoms with Gasteiger partial charge in [0.25, 0.3) is 0 Å². The highest BCUT2D eigenvalue weighted by Gasteiger charge is 2.35. The molecule has 3 heteroatoms. The quantitative estimate of drug-likeness (QED) is 0.514. The van der Waals surface area contributed by atoms with Crippen LogP contribution in [0, 0.1) is 5.92 Å². The Labute approximate surface area is 90.8 Å². The van der Waals surface area contributed by atoms with Gasteiger partial charge in [-0.05, 0) is 26.7 Å². The topological polar surface area (TPSA) is 18.5 Å². The van der Waals surface area contributed by atoms with Crippen LogP contribution in [0.4, 0.5) is 0 Å². The molecule has 0 aromatic carbocycles. The summed E-state index contributed by atoms with van der Waals surface area (Å²) in [7, 11) is 0.984. The number of ether oxygens (including phenoxy) is 2. The van der Waals surface area contributed by atoms with Crippen molar-refractivity contribution in [1.82, 2.24) is 0 Å². The largest absolute Gasteiger partial charge is 0.355 e. The van der Waals surface area contributed by atoms with Gasteiger partial charge >= 0.3 is 0 Å². The number of rotatable bonds is 5. The summed E-state index contributed by atoms with van der Waals surface area (Å²) in [5, 5.41) is 0. The lowest BCUT2D eigenvalue weighted by atomic mass is 9.88. The zero-order valence-corrected chi connectivity index (χ0v) is 11.8. The van der Waals surface area contributed by atoms with Crippen molar-refractivity contribution in [2.75, 3.05) is 13.2 Å². The van der Waals surface area contributed by atoms with E-state index < -0.39 is 0 Å². The van der Waals surface area contributed by atoms with Crippen molar-refractivity contribution in [3.8, 4) is 0 Å². The molecule has 2 nitrogen and oxygen atoms in total. The molecule has 84 valence electrons. The smallest absolute Gasteiger partial charge is 0.144 e. The zero-order valence-electron chi connectivity index (χ0n) is 9.84. The minimum Gasteiger partial charge on any atom is -0.355 e. The lowest BCUT2D eigenvalue weighted by Gasteiger charge is -2.39. The standard InChI is InChI=1S/C11H24O2Si/c1-3-12-11(14,13-4-2)10-8-6-5-7-9-10/h10H,3-9H2,1-2,14H3. The van der Waals surface area contributed by atoms with Gasteiger partial charge in [-0.3, -0.25) is 0 Å². The first-order valence-corrected chi connectivity index (χ1v) is 7.00. The predicted octanol–water partition coefficient (Wildman–Crippen LogP) is 1.66. The van der Waals surface area contributed by atoms with Crippen LogP contribution in [0.2, 0.25) is 0 Å². The normalized spacial score (nSPS) is 20.1. The Kier molecular flexibility index (Phi) is 5.13. The molecule has 0 bridgehead atoms. The van der Waals surface area contributed by atoms with Crippen molar-refractivity contribution < 1.29 is 9.47 Å². The van der Waals surface area contributed by atoms with Crippen LogP contribution in [0.15, 0.2) is 0 Å². The van der Waals surface area contributed by atoms with Gasteiger partial charge < -0.3 is 9.47 Å². The summed E-state index contributed by atoms with van der Waals surface area (Å²) >= 11 is 0. The fourth-order valence-electron chi connectivity index (χ4n) is 2.48. The first kappa shape index (κ1) is 12.2. The van der Waals surface area contributed by atoms with Crippen molar-refractivity contribution in [3.63, 3.8) is 0 Å². The van der Waals surface area contributed by atoms with Gasteiger partial charge in [0, 0.05) is 19.1 Å². The highest BCUT2D eigenvalue weighted by molar-refractivity contribution is 6.13. The molecule has 1 fully saturated rings. The average Bonchev–Trinajstić information content (AvgIpc) is 2.20. The molecule has 14 heavy (non-hydrogen) atoms. The Bertz CT molecular complexity index is 149. The van der Waals surface area contributed by atoms with E-state index in [2.05, 4.69) is 13.8 Å². The molecule has 1 aliphatic rings. The van der Waals surface area contributed by atoms with E-state index >= 15 is 0 Å². The van der Waals surface area contributed by atoms with E-state index in [9.17, 15) is 0 Å². The zero-order chi connectivity index (χ0) is 10.4. The fraction of sp³-hybridized carbons (Fsp3) is 1.00. The van der Waals surface area contributed by atoms with Crippen LogP contribution < -0.4 is 0 Å². The Morgan fingerprint density at radius 3 is 2.00 bits per heavy atom. The van der Waals surface area contributed by atoms with E-state index in [1.165, 1.54) is 32.1 Å². The van der Waals surface area contributed by atoms with Crippen LogP contribution in [-0.2, 0) is 9.47 Å². The molecule has 0 aromatic heterocycles. The number of hydrogen-bond donors (Lipinski definition) is 0. The van der Waals surface area contributed by atoms with Gasteiger partial charge in [-0.15, -0.1) is 0 Å². The molecular weight excluding hydrogens is 192 g/mol. The molecule has 0 N–H and O–H groups in total. The highest BCUT2D eigenvalue weighted by atomic mass is 28.1. The summed E-state index contributed by atoms with van der Waals surface area (Å²) in [5.41, 5.74) is -0.191. The second-order valence-electron chi connectivity index (χ2n) is 4.22. The third-order valence-corrected chi connectivity index (χ3v) is 4.60. The Morgan fingerprint density at radius 2 is 1.57 bits per heavy atom. The van der Waals surface area contributed by atoms with Gasteiger partial charge in [-0.25, -0.2) is 0 Å². The van der Waals surface area contributed by atoms with Gasteiger partial charge in [0.2, 0.25) is 0 Å². The average molecular weight is 216 g/mol. The van der Waals surface area contributed by atoms with Crippen molar-refractivity contribution in [3.05, 3.63) is 0 Å². The summed E-state index contributed by atoms with van der Waals surface area (Å²) < 4.78 is 11.7. The van der Waals surface area contributed by atoms with Crippen molar-refractivity contribution >= 4 is 10.2 Å². The van der Waals surface area contributed by atoms with Gasteiger partial charge in [0.15, 0.2) is 0 Å². The van der Waals surface area contributed by atoms with Crippen LogP contribution in [0.1, 0.15) is 46.0 Å². The maximum absolute atomic E-state index is 5.85. The molecule has 0 radical (unpaired) electrons. The minimum atomic E-state index is -0.191. The van der Waals surface area contributed by atoms with Crippen LogP contribution in [0.3, 0.4) is 0 Å². The van der Waals surface area contributed by atoms with Crippen molar-refractivity contribution in [2.24, 2.45) is 5.92 Å². The SMILES string of the molecule is CCOC([SiH3])(OCC)C1CCCCC1. The summed E-state index contributed by atoms with van der Waals surface area (Å²) in [6.45, 7) is 5.68. The van der Waals surface area contributed by atoms with Crippen LogP contribution in [0.25, 0.3) is 0 Å². The first-order chi connectivity index (χ1) is 6.73. The molecule has 0 saturated heterocycles. The van der Waals surface area contributed by atoms with Gasteiger partial charge in [0.1, 0.15) is 5.41 Å². The van der Waals surface area contributed by atoms with Crippen molar-refractivity contribution in [1.29, 1.82) is 0 Å². The molecule has 1 aliphatic carbocycles. The first-order valence-electron chi connectivity index (χ1n) is 6.00. The van der Waals surface area contributed by atoms with Gasteiger partial charge in [0.05, 0.1) is 10.2 Å². The van der Waals surface area contributed by atoms with Crippen LogP contribution in [0.5, 0.6) is 0 Å². The molecule has 0 spiro atoms. The maximum Gasteiger partial charge on any atom is 0.144 e. The summed E-state index contributed by atoms with van der Waals surface area (Å²) in [5.74, 6) is 0.655. The van der Waals surface area contributed by atoms with E-state index in [1.54, 1.807) is 0 Å². The predicted molar refractivity (Wildman–Crippen MR) is 62.5 cm³/mol. The van der Waals surface area contributed by atoms with Gasteiger partial charge in [-0.1, -0.05) is 19.3 Å². The molecular formula is C11H24O2Si. The Hall–Kier alpha value is 0.137. The maximum atomic E-state index is 5.85. The fourth-order valence-corrected chi connectivity index (χ4v) is 3.63. The van der Waals surface area contributed by atoms with Gasteiger partial charge in [-0.2, -0.15) is 0 Å². The molecule has 0 amide bonds. The van der Waals surface area contributed by atoms with Crippen molar-refractivity contribution in [2.45, 2.75) is 51.4 Å². The highest BCUT2D eigenvalue weighted by Crippen LogP contribution is 2.34. The third-order valence-electron chi connectivity index (χ3n) is 3.21. The summed E-state index contributed by atoms with van der Waals surface area (Å²) in [4.78, 5) is 0. The third kappa shape index (κ3) is 3.07. The Morgan fingerprint density at radius 1 is 1.07 bits per heavy atom. The molecule has 0 unspecified atom stereocenters. The molecule has 1 rings (SSSR count). The van der Waals surface area contributed by atoms with Crippen LogP contribution >= 0.6 is 0 Å². The van der Waals surface area contributed by atoms with E-state index in [1.807, 2.05) is 0 Å². The summed E-state index contributed by atoms with van der Waals surface area (Å²) in [6, 6.07) is 0. The molecule has 0 aromatic rings. The van der Waals surface area contributed by atoms with E-state index in [0.29, 0.717) is 5.92 Å². The van der Waals surface area contributed by atoms with E-state index in [4.69, 9.17) is 9.47 Å². The Balaban J connectivity index is 2.54. The second kappa shape index (κ2) is 5.88. The van der Waals surface area contributed by atoms with Crippen LogP contribution in [-0.4, -0.2) is 28.9 Å².